The molecule has 9 rings (SSSR count). The molecule has 3 aliphatic heterocycles. The number of carbonyl (C=O) groups excluding carboxylic acids is 4. The van der Waals surface area contributed by atoms with Gasteiger partial charge in [-0.05, 0) is 58.5 Å². The number of aliphatic hydroxyl groups excluding tert-OH is 1. The minimum Gasteiger partial charge on any atom is -0.508 e. The molecular weight excluding hydrogens is 769 g/mol. The van der Waals surface area contributed by atoms with Gasteiger partial charge < -0.3 is 25.6 Å². The highest BCUT2D eigenvalue weighted by molar-refractivity contribution is 6.24. The zero-order chi connectivity index (χ0) is 42.3. The number of para-hydroxylation sites is 1. The fraction of sp³-hybridized carbons (Fsp3) is 0.200. The molecule has 0 aliphatic carbocycles. The third kappa shape index (κ3) is 6.72. The topological polar surface area (TPSA) is 149 Å². The molecule has 4 amide bonds. The summed E-state index contributed by atoms with van der Waals surface area (Å²) < 4.78 is 6.48. The van der Waals surface area contributed by atoms with Crippen LogP contribution in [0.4, 0.5) is 10.5 Å². The summed E-state index contributed by atoms with van der Waals surface area (Å²) in [6, 6.07) is 45.9. The maximum absolute atomic E-state index is 16.1. The Morgan fingerprint density at radius 2 is 1.25 bits per heavy atom. The molecule has 0 aromatic heterocycles. The molecule has 6 aromatic rings. The lowest BCUT2D eigenvalue weighted by Crippen LogP contribution is -2.56. The molecule has 0 bridgehead atoms. The van der Waals surface area contributed by atoms with E-state index in [0.717, 1.165) is 16.0 Å². The second-order valence-corrected chi connectivity index (χ2v) is 15.8. The number of rotatable bonds is 9. The van der Waals surface area contributed by atoms with Crippen LogP contribution in [0, 0.1) is 5.92 Å². The van der Waals surface area contributed by atoms with Crippen molar-refractivity contribution in [3.05, 3.63) is 203 Å². The van der Waals surface area contributed by atoms with Gasteiger partial charge in [0.15, 0.2) is 0 Å². The molecule has 0 saturated carbocycles. The Morgan fingerprint density at radius 1 is 0.689 bits per heavy atom. The Hall–Kier alpha value is -7.08. The molecular formula is C50H44N4O7. The molecule has 2 saturated heterocycles. The van der Waals surface area contributed by atoms with E-state index >= 15 is 14.4 Å². The first kappa shape index (κ1) is 39.4. The van der Waals surface area contributed by atoms with Crippen molar-refractivity contribution in [1.82, 2.24) is 15.5 Å². The minimum atomic E-state index is -1.94. The average Bonchev–Trinajstić information content (AvgIpc) is 3.76. The number of hydrogen-bond acceptors (Lipinski definition) is 8. The number of carbonyl (C=O) groups is 4. The van der Waals surface area contributed by atoms with Crippen molar-refractivity contribution in [2.24, 2.45) is 5.92 Å². The lowest BCUT2D eigenvalue weighted by molar-refractivity contribution is -0.178. The number of fused-ring (bicyclic) bond motifs is 3. The van der Waals surface area contributed by atoms with Crippen molar-refractivity contribution in [2.75, 3.05) is 11.4 Å². The monoisotopic (exact) mass is 812 g/mol. The van der Waals surface area contributed by atoms with Gasteiger partial charge in [0, 0.05) is 6.54 Å². The van der Waals surface area contributed by atoms with E-state index in [0.29, 0.717) is 22.3 Å². The van der Waals surface area contributed by atoms with E-state index in [1.807, 2.05) is 109 Å². The smallest absolute Gasteiger partial charge is 0.329 e. The molecule has 306 valence electrons. The molecule has 0 radical (unpaired) electrons. The fourth-order valence-corrected chi connectivity index (χ4v) is 9.70. The number of morpholine rings is 1. The first-order chi connectivity index (χ1) is 29.7. The summed E-state index contributed by atoms with van der Waals surface area (Å²) in [4.78, 5) is 64.3. The molecule has 1 spiro atoms. The van der Waals surface area contributed by atoms with E-state index in [2.05, 4.69) is 10.6 Å². The number of imide groups is 1. The molecule has 6 aromatic carbocycles. The number of benzene rings is 6. The number of nitrogens with one attached hydrogen (secondary N) is 2. The maximum atomic E-state index is 16.1. The lowest BCUT2D eigenvalue weighted by atomic mass is 9.65. The molecule has 8 unspecified atom stereocenters. The number of phenols is 1. The van der Waals surface area contributed by atoms with Gasteiger partial charge in [-0.25, -0.2) is 9.69 Å². The highest BCUT2D eigenvalue weighted by Crippen LogP contribution is 2.65. The summed E-state index contributed by atoms with van der Waals surface area (Å²) in [5.74, 6) is -3.64. The van der Waals surface area contributed by atoms with Gasteiger partial charge >= 0.3 is 12.0 Å². The van der Waals surface area contributed by atoms with Crippen molar-refractivity contribution in [2.45, 2.75) is 48.7 Å². The summed E-state index contributed by atoms with van der Waals surface area (Å²) in [6.45, 7) is 1.59. The Kier molecular flexibility index (Phi) is 10.4. The number of hydrogen-bond donors (Lipinski definition) is 4. The van der Waals surface area contributed by atoms with Crippen LogP contribution in [0.1, 0.15) is 70.6 Å². The van der Waals surface area contributed by atoms with Crippen LogP contribution >= 0.6 is 0 Å². The number of phenolic OH excluding ortho intramolecular Hbond substituents is 1. The number of cyclic esters (lactones) is 1. The van der Waals surface area contributed by atoms with Crippen molar-refractivity contribution in [3.63, 3.8) is 0 Å². The second-order valence-electron chi connectivity index (χ2n) is 15.8. The Labute approximate surface area is 353 Å². The van der Waals surface area contributed by atoms with Crippen molar-refractivity contribution < 1.29 is 34.1 Å². The number of aliphatic hydroxyl groups is 1. The van der Waals surface area contributed by atoms with Gasteiger partial charge in [0.05, 0.1) is 35.8 Å². The van der Waals surface area contributed by atoms with Gasteiger partial charge in [-0.2, -0.15) is 0 Å². The quantitative estimate of drug-likeness (QED) is 0.111. The summed E-state index contributed by atoms with van der Waals surface area (Å²) >= 11 is 0. The minimum absolute atomic E-state index is 0.0228. The highest BCUT2D eigenvalue weighted by Gasteiger charge is 2.75. The average molecular weight is 813 g/mol. The fourth-order valence-electron chi connectivity index (χ4n) is 9.70. The second kappa shape index (κ2) is 16.2. The van der Waals surface area contributed by atoms with Gasteiger partial charge in [-0.3, -0.25) is 19.3 Å². The number of anilines is 1. The Balaban J connectivity index is 1.27. The number of esters is 1. The van der Waals surface area contributed by atoms with Crippen molar-refractivity contribution >= 4 is 29.5 Å². The van der Waals surface area contributed by atoms with Gasteiger partial charge in [0.2, 0.25) is 11.8 Å². The Morgan fingerprint density at radius 3 is 1.89 bits per heavy atom. The normalized spacial score (nSPS) is 24.0. The van der Waals surface area contributed by atoms with Crippen LogP contribution in [0.2, 0.25) is 0 Å². The van der Waals surface area contributed by atoms with Crippen LogP contribution in [0.15, 0.2) is 170 Å². The number of aromatic hydroxyl groups is 1. The molecule has 11 heteroatoms. The predicted octanol–water partition coefficient (Wildman–Crippen LogP) is 7.38. The molecule has 2 fully saturated rings. The Bertz CT molecular complexity index is 2560. The molecule has 3 heterocycles. The summed E-state index contributed by atoms with van der Waals surface area (Å²) in [5.41, 5.74) is 2.07. The SMILES string of the molecule is CC(NC(=O)N1C(=O)C2(c3ccccc31)C(C(=O)NCC(O)c1ccccc1)C1C(=O)OC(c3ccccc3)C(c3ccccc3)N1C2c1ccc(O)cc1)c1ccccc1. The zero-order valence-corrected chi connectivity index (χ0v) is 33.2. The van der Waals surface area contributed by atoms with E-state index < -0.39 is 71.5 Å². The van der Waals surface area contributed by atoms with Gasteiger partial charge in [0.1, 0.15) is 23.3 Å². The number of urea groups is 1. The molecule has 8 atom stereocenters. The van der Waals surface area contributed by atoms with E-state index in [-0.39, 0.29) is 18.0 Å². The largest absolute Gasteiger partial charge is 0.508 e. The van der Waals surface area contributed by atoms with Crippen LogP contribution in [0.3, 0.4) is 0 Å². The predicted molar refractivity (Wildman–Crippen MR) is 228 cm³/mol. The van der Waals surface area contributed by atoms with E-state index in [4.69, 9.17) is 4.74 Å². The van der Waals surface area contributed by atoms with Crippen molar-refractivity contribution in [3.8, 4) is 5.75 Å². The number of amides is 4. The maximum Gasteiger partial charge on any atom is 0.329 e. The number of nitrogens with zero attached hydrogens (tertiary/aromatic N) is 2. The van der Waals surface area contributed by atoms with Crippen LogP contribution in [-0.2, 0) is 24.5 Å². The van der Waals surface area contributed by atoms with Gasteiger partial charge in [-0.1, -0.05) is 152 Å². The zero-order valence-electron chi connectivity index (χ0n) is 33.2. The molecule has 11 nitrogen and oxygen atoms in total. The third-order valence-corrected chi connectivity index (χ3v) is 12.4. The van der Waals surface area contributed by atoms with Crippen LogP contribution in [0.25, 0.3) is 0 Å². The molecule has 61 heavy (non-hydrogen) atoms. The number of ether oxygens (including phenoxy) is 1. The van der Waals surface area contributed by atoms with E-state index in [9.17, 15) is 15.0 Å². The van der Waals surface area contributed by atoms with Crippen molar-refractivity contribution in [1.29, 1.82) is 0 Å². The van der Waals surface area contributed by atoms with Crippen LogP contribution < -0.4 is 15.5 Å². The van der Waals surface area contributed by atoms with Gasteiger partial charge in [-0.15, -0.1) is 0 Å². The van der Waals surface area contributed by atoms with Crippen LogP contribution in [0.5, 0.6) is 5.75 Å². The van der Waals surface area contributed by atoms with Crippen LogP contribution in [-0.4, -0.2) is 51.5 Å². The summed E-state index contributed by atoms with van der Waals surface area (Å²) in [5, 5.41) is 27.8. The summed E-state index contributed by atoms with van der Waals surface area (Å²) in [6.07, 6.45) is -2.00. The third-order valence-electron chi connectivity index (χ3n) is 12.4. The molecule has 3 aliphatic rings. The first-order valence-electron chi connectivity index (χ1n) is 20.4. The van der Waals surface area contributed by atoms with E-state index in [1.54, 1.807) is 60.7 Å². The standard InChI is InChI=1S/C50H44N4O7/c1-31(32-16-6-2-7-17-32)52-49(60)53-39-25-15-14-24-38(39)50(48(53)59)41(46(57)51-30-40(56)33-18-8-3-9-19-33)43-47(58)61-44(35-22-12-5-13-23-35)42(34-20-10-4-11-21-34)54(43)45(50)36-26-28-37(55)29-27-36/h2-29,31,40-45,55-56H,30H2,1H3,(H,51,57)(H,52,60). The first-order valence-corrected chi connectivity index (χ1v) is 20.4. The van der Waals surface area contributed by atoms with Gasteiger partial charge in [0.25, 0.3) is 0 Å². The molecule has 4 N–H and O–H groups in total. The highest BCUT2D eigenvalue weighted by atomic mass is 16.6. The van der Waals surface area contributed by atoms with E-state index in [1.165, 1.54) is 12.1 Å². The lowest BCUT2D eigenvalue weighted by Gasteiger charge is -2.46. The summed E-state index contributed by atoms with van der Waals surface area (Å²) in [7, 11) is 0.